The maximum atomic E-state index is 13.1. The molecule has 0 radical (unpaired) electrons. The Bertz CT molecular complexity index is 400. The summed E-state index contributed by atoms with van der Waals surface area (Å²) in [5.74, 6) is 0.681. The van der Waals surface area contributed by atoms with Crippen molar-refractivity contribution in [3.05, 3.63) is 35.6 Å². The van der Waals surface area contributed by atoms with Gasteiger partial charge in [0.15, 0.2) is 0 Å². The summed E-state index contributed by atoms with van der Waals surface area (Å²) in [5.41, 5.74) is 1.31. The SMILES string of the molecule is CCC(NC(c1ccc(F)cc1)C(C)(C)C)C1CC1. The monoisotopic (exact) mass is 263 g/mol. The maximum Gasteiger partial charge on any atom is 0.123 e. The lowest BCUT2D eigenvalue weighted by Gasteiger charge is -2.35. The van der Waals surface area contributed by atoms with E-state index in [0.29, 0.717) is 6.04 Å². The first-order chi connectivity index (χ1) is 8.91. The Balaban J connectivity index is 2.18. The molecule has 1 aliphatic rings. The van der Waals surface area contributed by atoms with Crippen molar-refractivity contribution in [2.45, 2.75) is 59.0 Å². The molecule has 0 amide bonds. The van der Waals surface area contributed by atoms with Crippen molar-refractivity contribution in [2.75, 3.05) is 0 Å². The summed E-state index contributed by atoms with van der Waals surface area (Å²) in [6.07, 6.45) is 3.87. The first-order valence-corrected chi connectivity index (χ1v) is 7.43. The summed E-state index contributed by atoms with van der Waals surface area (Å²) in [4.78, 5) is 0. The number of nitrogens with one attached hydrogen (secondary N) is 1. The van der Waals surface area contributed by atoms with Crippen molar-refractivity contribution in [2.24, 2.45) is 11.3 Å². The maximum absolute atomic E-state index is 13.1. The van der Waals surface area contributed by atoms with Crippen molar-refractivity contribution in [1.82, 2.24) is 5.32 Å². The molecule has 0 saturated heterocycles. The highest BCUT2D eigenvalue weighted by atomic mass is 19.1. The highest BCUT2D eigenvalue weighted by molar-refractivity contribution is 5.22. The summed E-state index contributed by atoms with van der Waals surface area (Å²) in [7, 11) is 0. The number of benzene rings is 1. The van der Waals surface area contributed by atoms with Gasteiger partial charge in [-0.3, -0.25) is 0 Å². The fourth-order valence-electron chi connectivity index (χ4n) is 2.80. The molecule has 19 heavy (non-hydrogen) atoms. The van der Waals surface area contributed by atoms with Gasteiger partial charge in [0.2, 0.25) is 0 Å². The van der Waals surface area contributed by atoms with Crippen LogP contribution < -0.4 is 5.32 Å². The van der Waals surface area contributed by atoms with E-state index in [9.17, 15) is 4.39 Å². The van der Waals surface area contributed by atoms with Gasteiger partial charge in [0.25, 0.3) is 0 Å². The van der Waals surface area contributed by atoms with Crippen LogP contribution in [0.25, 0.3) is 0 Å². The molecule has 2 rings (SSSR count). The van der Waals surface area contributed by atoms with Gasteiger partial charge in [-0.05, 0) is 48.3 Å². The highest BCUT2D eigenvalue weighted by Gasteiger charge is 2.34. The van der Waals surface area contributed by atoms with E-state index in [1.54, 1.807) is 12.1 Å². The van der Waals surface area contributed by atoms with Gasteiger partial charge in [0.1, 0.15) is 5.82 Å². The highest BCUT2D eigenvalue weighted by Crippen LogP contribution is 2.39. The summed E-state index contributed by atoms with van der Waals surface area (Å²) in [6, 6.07) is 7.82. The first-order valence-electron chi connectivity index (χ1n) is 7.43. The summed E-state index contributed by atoms with van der Waals surface area (Å²) >= 11 is 0. The number of rotatable bonds is 5. The van der Waals surface area contributed by atoms with Crippen LogP contribution in [0.3, 0.4) is 0 Å². The quantitative estimate of drug-likeness (QED) is 0.812. The molecule has 1 nitrogen and oxygen atoms in total. The summed E-state index contributed by atoms with van der Waals surface area (Å²) in [5, 5.41) is 3.82. The van der Waals surface area contributed by atoms with Gasteiger partial charge in [-0.25, -0.2) is 4.39 Å². The summed E-state index contributed by atoms with van der Waals surface area (Å²) < 4.78 is 13.1. The Morgan fingerprint density at radius 2 is 1.79 bits per heavy atom. The van der Waals surface area contributed by atoms with Crippen molar-refractivity contribution in [3.8, 4) is 0 Å². The molecule has 1 aromatic rings. The molecule has 2 heteroatoms. The Labute approximate surface area is 116 Å². The van der Waals surface area contributed by atoms with Gasteiger partial charge in [0.05, 0.1) is 0 Å². The Kier molecular flexibility index (Phi) is 4.29. The second-order valence-electron chi connectivity index (χ2n) is 6.87. The Morgan fingerprint density at radius 1 is 1.21 bits per heavy atom. The van der Waals surface area contributed by atoms with Crippen molar-refractivity contribution in [1.29, 1.82) is 0 Å². The van der Waals surface area contributed by atoms with E-state index < -0.39 is 0 Å². The molecule has 0 aromatic heterocycles. The van der Waals surface area contributed by atoms with E-state index in [1.807, 2.05) is 12.1 Å². The van der Waals surface area contributed by atoms with Crippen molar-refractivity contribution >= 4 is 0 Å². The minimum atomic E-state index is -0.161. The standard InChI is InChI=1S/C17H26FN/c1-5-15(12-6-7-12)19-16(17(2,3)4)13-8-10-14(18)11-9-13/h8-12,15-16,19H,5-7H2,1-4H3. The minimum Gasteiger partial charge on any atom is -0.306 e. The van der Waals surface area contributed by atoms with Crippen molar-refractivity contribution < 1.29 is 4.39 Å². The van der Waals surface area contributed by atoms with Crippen LogP contribution >= 0.6 is 0 Å². The van der Waals surface area contributed by atoms with Gasteiger partial charge in [-0.2, -0.15) is 0 Å². The minimum absolute atomic E-state index is 0.125. The van der Waals surface area contributed by atoms with Crippen LogP contribution in [-0.4, -0.2) is 6.04 Å². The van der Waals surface area contributed by atoms with Crippen molar-refractivity contribution in [3.63, 3.8) is 0 Å². The molecule has 1 saturated carbocycles. The molecule has 0 heterocycles. The molecule has 2 atom stereocenters. The van der Waals surface area contributed by atoms with Crippen LogP contribution in [-0.2, 0) is 0 Å². The Hall–Kier alpha value is -0.890. The normalized spacial score (nSPS) is 19.2. The first kappa shape index (κ1) is 14.5. The van der Waals surface area contributed by atoms with Gasteiger partial charge in [-0.15, -0.1) is 0 Å². The molecule has 0 spiro atoms. The van der Waals surface area contributed by atoms with Crippen LogP contribution in [0, 0.1) is 17.2 Å². The molecule has 1 N–H and O–H groups in total. The smallest absolute Gasteiger partial charge is 0.123 e. The second kappa shape index (κ2) is 5.62. The fourth-order valence-corrected chi connectivity index (χ4v) is 2.80. The fraction of sp³-hybridized carbons (Fsp3) is 0.647. The van der Waals surface area contributed by atoms with E-state index in [2.05, 4.69) is 33.0 Å². The van der Waals surface area contributed by atoms with E-state index in [1.165, 1.54) is 24.8 Å². The van der Waals surface area contributed by atoms with Gasteiger partial charge in [0, 0.05) is 12.1 Å². The third-order valence-electron chi connectivity index (χ3n) is 4.08. The van der Waals surface area contributed by atoms with Crippen LogP contribution in [0.15, 0.2) is 24.3 Å². The third-order valence-corrected chi connectivity index (χ3v) is 4.08. The van der Waals surface area contributed by atoms with Crippen LogP contribution in [0.5, 0.6) is 0 Å². The third kappa shape index (κ3) is 3.79. The van der Waals surface area contributed by atoms with E-state index >= 15 is 0 Å². The van der Waals surface area contributed by atoms with Gasteiger partial charge in [-0.1, -0.05) is 39.8 Å². The molecule has 0 aliphatic heterocycles. The van der Waals surface area contributed by atoms with E-state index in [-0.39, 0.29) is 17.3 Å². The van der Waals surface area contributed by atoms with Crippen LogP contribution in [0.4, 0.5) is 4.39 Å². The second-order valence-corrected chi connectivity index (χ2v) is 6.87. The van der Waals surface area contributed by atoms with Gasteiger partial charge >= 0.3 is 0 Å². The lowest BCUT2D eigenvalue weighted by atomic mass is 9.81. The molecule has 2 unspecified atom stereocenters. The lowest BCUT2D eigenvalue weighted by molar-refractivity contribution is 0.236. The number of halogens is 1. The van der Waals surface area contributed by atoms with Crippen LogP contribution in [0.2, 0.25) is 0 Å². The molecule has 0 bridgehead atoms. The predicted molar refractivity (Wildman–Crippen MR) is 78.5 cm³/mol. The zero-order chi connectivity index (χ0) is 14.0. The zero-order valence-electron chi connectivity index (χ0n) is 12.5. The topological polar surface area (TPSA) is 12.0 Å². The number of hydrogen-bond donors (Lipinski definition) is 1. The molecular weight excluding hydrogens is 237 g/mol. The number of hydrogen-bond acceptors (Lipinski definition) is 1. The zero-order valence-corrected chi connectivity index (χ0v) is 12.5. The average molecular weight is 263 g/mol. The van der Waals surface area contributed by atoms with E-state index in [4.69, 9.17) is 0 Å². The molecule has 1 fully saturated rings. The predicted octanol–water partition coefficient (Wildman–Crippen LogP) is 4.69. The Morgan fingerprint density at radius 3 is 2.21 bits per heavy atom. The lowest BCUT2D eigenvalue weighted by Crippen LogP contribution is -2.40. The van der Waals surface area contributed by atoms with Crippen LogP contribution in [0.1, 0.15) is 58.6 Å². The molecule has 1 aromatic carbocycles. The molecular formula is C17H26FN. The molecule has 1 aliphatic carbocycles. The largest absolute Gasteiger partial charge is 0.306 e. The van der Waals surface area contributed by atoms with Gasteiger partial charge < -0.3 is 5.32 Å². The summed E-state index contributed by atoms with van der Waals surface area (Å²) in [6.45, 7) is 8.98. The molecule has 106 valence electrons. The van der Waals surface area contributed by atoms with E-state index in [0.717, 1.165) is 5.92 Å². The average Bonchev–Trinajstić information content (AvgIpc) is 3.15.